The lowest BCUT2D eigenvalue weighted by Gasteiger charge is -2.13. The van der Waals surface area contributed by atoms with Crippen LogP contribution in [-0.4, -0.2) is 34.3 Å². The summed E-state index contributed by atoms with van der Waals surface area (Å²) in [5, 5.41) is 2.88. The predicted molar refractivity (Wildman–Crippen MR) is 112 cm³/mol. The average molecular weight is 393 g/mol. The molecule has 0 bridgehead atoms. The summed E-state index contributed by atoms with van der Waals surface area (Å²) in [5.41, 5.74) is 2.75. The van der Waals surface area contributed by atoms with Crippen LogP contribution in [0.2, 0.25) is 0 Å². The van der Waals surface area contributed by atoms with Crippen LogP contribution in [-0.2, 0) is 0 Å². The Kier molecular flexibility index (Phi) is 6.24. The first-order valence-electron chi connectivity index (χ1n) is 8.95. The van der Waals surface area contributed by atoms with E-state index in [1.165, 1.54) is 0 Å². The molecule has 3 aromatic rings. The van der Waals surface area contributed by atoms with Gasteiger partial charge in [-0.15, -0.1) is 0 Å². The van der Waals surface area contributed by atoms with Crippen molar-refractivity contribution in [1.82, 2.24) is 0 Å². The Morgan fingerprint density at radius 2 is 1.41 bits per heavy atom. The zero-order valence-corrected chi connectivity index (χ0v) is 16.8. The van der Waals surface area contributed by atoms with E-state index in [2.05, 4.69) is 5.32 Å². The van der Waals surface area contributed by atoms with Gasteiger partial charge in [-0.25, -0.2) is 0 Å². The van der Waals surface area contributed by atoms with Crippen molar-refractivity contribution >= 4 is 11.6 Å². The van der Waals surface area contributed by atoms with Crippen LogP contribution in [0.25, 0.3) is 11.1 Å². The number of benzene rings is 3. The molecule has 150 valence electrons. The normalized spacial score (nSPS) is 10.2. The average Bonchev–Trinajstić information content (AvgIpc) is 2.78. The highest BCUT2D eigenvalue weighted by Crippen LogP contribution is 2.33. The van der Waals surface area contributed by atoms with Crippen LogP contribution in [0.3, 0.4) is 0 Å². The molecule has 3 rings (SSSR count). The number of methoxy groups -OCH3 is 4. The van der Waals surface area contributed by atoms with E-state index in [0.29, 0.717) is 28.5 Å². The minimum absolute atomic E-state index is 0.257. The number of ether oxygens (including phenoxy) is 4. The Morgan fingerprint density at radius 1 is 0.724 bits per heavy atom. The molecule has 1 amide bonds. The molecule has 0 atom stereocenters. The van der Waals surface area contributed by atoms with Crippen LogP contribution < -0.4 is 24.3 Å². The molecule has 0 heterocycles. The van der Waals surface area contributed by atoms with Crippen LogP contribution in [0.1, 0.15) is 10.4 Å². The molecule has 0 unspecified atom stereocenters. The van der Waals surface area contributed by atoms with Crippen molar-refractivity contribution in [3.8, 4) is 34.1 Å². The fourth-order valence-corrected chi connectivity index (χ4v) is 2.95. The van der Waals surface area contributed by atoms with E-state index in [9.17, 15) is 4.79 Å². The monoisotopic (exact) mass is 393 g/mol. The summed E-state index contributed by atoms with van der Waals surface area (Å²) in [4.78, 5) is 12.9. The first-order valence-corrected chi connectivity index (χ1v) is 8.95. The second-order valence-electron chi connectivity index (χ2n) is 6.20. The van der Waals surface area contributed by atoms with Gasteiger partial charge in [-0.05, 0) is 35.9 Å². The van der Waals surface area contributed by atoms with Crippen LogP contribution in [0, 0.1) is 0 Å². The lowest BCUT2D eigenvalue weighted by Crippen LogP contribution is -2.12. The third-order valence-corrected chi connectivity index (χ3v) is 4.45. The maximum atomic E-state index is 12.9. The summed E-state index contributed by atoms with van der Waals surface area (Å²) in [6.45, 7) is 0. The van der Waals surface area contributed by atoms with Gasteiger partial charge in [-0.2, -0.15) is 0 Å². The number of nitrogens with one attached hydrogen (secondary N) is 1. The van der Waals surface area contributed by atoms with Crippen molar-refractivity contribution in [2.45, 2.75) is 0 Å². The Bertz CT molecular complexity index is 994. The van der Waals surface area contributed by atoms with E-state index in [1.54, 1.807) is 64.8 Å². The third kappa shape index (κ3) is 4.60. The van der Waals surface area contributed by atoms with E-state index in [1.807, 2.05) is 24.3 Å². The number of hydrogen-bond acceptors (Lipinski definition) is 5. The summed E-state index contributed by atoms with van der Waals surface area (Å²) in [6.07, 6.45) is 0. The van der Waals surface area contributed by atoms with Gasteiger partial charge < -0.3 is 24.3 Å². The molecule has 6 nitrogen and oxygen atoms in total. The fourth-order valence-electron chi connectivity index (χ4n) is 2.95. The molecule has 0 fully saturated rings. The SMILES string of the molecule is COc1cc(NC(=O)c2ccc(OC)c(-c3cccc(OC)c3)c2)cc(OC)c1. The standard InChI is InChI=1S/C23H23NO5/c1-26-18-7-5-6-15(10-18)21-11-16(8-9-22(21)29-4)23(25)24-17-12-19(27-2)14-20(13-17)28-3/h5-14H,1-4H3,(H,24,25). The number of carbonyl (C=O) groups excluding carboxylic acids is 1. The Hall–Kier alpha value is -3.67. The van der Waals surface area contributed by atoms with E-state index in [4.69, 9.17) is 18.9 Å². The molecule has 0 spiro atoms. The number of amides is 1. The highest BCUT2D eigenvalue weighted by atomic mass is 16.5. The summed E-state index contributed by atoms with van der Waals surface area (Å²) in [7, 11) is 6.33. The Labute approximate surface area is 170 Å². The van der Waals surface area contributed by atoms with Gasteiger partial charge in [0.15, 0.2) is 0 Å². The minimum atomic E-state index is -0.257. The van der Waals surface area contributed by atoms with E-state index >= 15 is 0 Å². The molecule has 0 saturated carbocycles. The lowest BCUT2D eigenvalue weighted by molar-refractivity contribution is 0.102. The molecular formula is C23H23NO5. The lowest BCUT2D eigenvalue weighted by atomic mass is 10.0. The molecule has 3 aromatic carbocycles. The molecule has 0 aliphatic heterocycles. The Morgan fingerprint density at radius 3 is 2.03 bits per heavy atom. The molecule has 6 heteroatoms. The molecule has 0 saturated heterocycles. The van der Waals surface area contributed by atoms with Crippen LogP contribution in [0.15, 0.2) is 60.7 Å². The molecule has 0 aliphatic carbocycles. The maximum absolute atomic E-state index is 12.9. The van der Waals surface area contributed by atoms with Crippen molar-refractivity contribution in [2.24, 2.45) is 0 Å². The van der Waals surface area contributed by atoms with Gasteiger partial charge in [0.2, 0.25) is 0 Å². The van der Waals surface area contributed by atoms with E-state index < -0.39 is 0 Å². The largest absolute Gasteiger partial charge is 0.497 e. The molecule has 0 aromatic heterocycles. The van der Waals surface area contributed by atoms with Gasteiger partial charge >= 0.3 is 0 Å². The number of hydrogen-bond donors (Lipinski definition) is 1. The zero-order valence-electron chi connectivity index (χ0n) is 16.8. The second-order valence-corrected chi connectivity index (χ2v) is 6.20. The summed E-state index contributed by atoms with van der Waals surface area (Å²) < 4.78 is 21.3. The second kappa shape index (κ2) is 9.01. The zero-order chi connectivity index (χ0) is 20.8. The van der Waals surface area contributed by atoms with Gasteiger partial charge in [-0.1, -0.05) is 12.1 Å². The van der Waals surface area contributed by atoms with Crippen LogP contribution >= 0.6 is 0 Å². The molecule has 29 heavy (non-hydrogen) atoms. The Balaban J connectivity index is 1.94. The van der Waals surface area contributed by atoms with Crippen molar-refractivity contribution in [3.05, 3.63) is 66.2 Å². The molecule has 0 radical (unpaired) electrons. The van der Waals surface area contributed by atoms with E-state index in [-0.39, 0.29) is 5.91 Å². The van der Waals surface area contributed by atoms with Crippen molar-refractivity contribution in [2.75, 3.05) is 33.8 Å². The van der Waals surface area contributed by atoms with E-state index in [0.717, 1.165) is 16.9 Å². The topological polar surface area (TPSA) is 66.0 Å². The van der Waals surface area contributed by atoms with Gasteiger partial charge in [0, 0.05) is 35.0 Å². The summed E-state index contributed by atoms with van der Waals surface area (Å²) in [5.74, 6) is 2.31. The smallest absolute Gasteiger partial charge is 0.255 e. The first kappa shape index (κ1) is 20.1. The van der Waals surface area contributed by atoms with Crippen LogP contribution in [0.4, 0.5) is 5.69 Å². The summed E-state index contributed by atoms with van der Waals surface area (Å²) in [6, 6.07) is 18.1. The van der Waals surface area contributed by atoms with Gasteiger partial charge in [-0.3, -0.25) is 4.79 Å². The number of anilines is 1. The molecule has 1 N–H and O–H groups in total. The van der Waals surface area contributed by atoms with Crippen LogP contribution in [0.5, 0.6) is 23.0 Å². The number of rotatable bonds is 7. The quantitative estimate of drug-likeness (QED) is 0.633. The van der Waals surface area contributed by atoms with Crippen molar-refractivity contribution < 1.29 is 23.7 Å². The maximum Gasteiger partial charge on any atom is 0.255 e. The highest BCUT2D eigenvalue weighted by Gasteiger charge is 2.14. The van der Waals surface area contributed by atoms with Crippen molar-refractivity contribution in [3.63, 3.8) is 0 Å². The van der Waals surface area contributed by atoms with Gasteiger partial charge in [0.1, 0.15) is 23.0 Å². The minimum Gasteiger partial charge on any atom is -0.497 e. The fraction of sp³-hybridized carbons (Fsp3) is 0.174. The first-order chi connectivity index (χ1) is 14.1. The molecular weight excluding hydrogens is 370 g/mol. The highest BCUT2D eigenvalue weighted by molar-refractivity contribution is 6.05. The summed E-state index contributed by atoms with van der Waals surface area (Å²) >= 11 is 0. The van der Waals surface area contributed by atoms with Gasteiger partial charge in [0.25, 0.3) is 5.91 Å². The third-order valence-electron chi connectivity index (χ3n) is 4.45. The predicted octanol–water partition coefficient (Wildman–Crippen LogP) is 4.64. The van der Waals surface area contributed by atoms with Crippen molar-refractivity contribution in [1.29, 1.82) is 0 Å². The molecule has 0 aliphatic rings. The van der Waals surface area contributed by atoms with Gasteiger partial charge in [0.05, 0.1) is 28.4 Å². The number of carbonyl (C=O) groups is 1.